The van der Waals surface area contributed by atoms with Gasteiger partial charge in [-0.3, -0.25) is 9.79 Å². The first-order valence-corrected chi connectivity index (χ1v) is 5.12. The Bertz CT molecular complexity index is 223. The van der Waals surface area contributed by atoms with Crippen LogP contribution >= 0.6 is 0 Å². The summed E-state index contributed by atoms with van der Waals surface area (Å²) in [5.41, 5.74) is 10.4. The second-order valence-corrected chi connectivity index (χ2v) is 3.82. The third kappa shape index (κ3) is 5.93. The Morgan fingerprint density at radius 1 is 1.40 bits per heavy atom. The second kappa shape index (κ2) is 7.09. The topological polar surface area (TPSA) is 90.7 Å². The summed E-state index contributed by atoms with van der Waals surface area (Å²) in [5, 5.41) is 0. The van der Waals surface area contributed by atoms with Crippen LogP contribution in [0.3, 0.4) is 0 Å². The summed E-state index contributed by atoms with van der Waals surface area (Å²) in [4.78, 5) is 15.2. The lowest BCUT2D eigenvalue weighted by Gasteiger charge is -2.17. The lowest BCUT2D eigenvalue weighted by atomic mass is 9.91. The zero-order valence-corrected chi connectivity index (χ0v) is 9.69. The van der Waals surface area contributed by atoms with Gasteiger partial charge in [0.25, 0.3) is 0 Å². The van der Waals surface area contributed by atoms with Gasteiger partial charge < -0.3 is 16.2 Å². The average Bonchev–Trinajstić information content (AvgIpc) is 2.15. The summed E-state index contributed by atoms with van der Waals surface area (Å²) >= 11 is 0. The molecule has 0 heterocycles. The summed E-state index contributed by atoms with van der Waals surface area (Å²) < 4.78 is 4.73. The van der Waals surface area contributed by atoms with E-state index in [9.17, 15) is 4.79 Å². The normalized spacial score (nSPS) is 12.3. The minimum Gasteiger partial charge on any atom is -0.469 e. The van der Waals surface area contributed by atoms with Gasteiger partial charge in [0.2, 0.25) is 0 Å². The fourth-order valence-corrected chi connectivity index (χ4v) is 1.39. The molecule has 88 valence electrons. The Labute approximate surface area is 90.9 Å². The second-order valence-electron chi connectivity index (χ2n) is 3.82. The number of rotatable bonds is 6. The highest BCUT2D eigenvalue weighted by atomic mass is 16.5. The van der Waals surface area contributed by atoms with Crippen LogP contribution in [0.1, 0.15) is 26.7 Å². The molecule has 0 radical (unpaired) electrons. The van der Waals surface area contributed by atoms with Crippen LogP contribution in [0.25, 0.3) is 0 Å². The molecule has 0 bridgehead atoms. The molecule has 4 N–H and O–H groups in total. The zero-order valence-electron chi connectivity index (χ0n) is 9.69. The average molecular weight is 215 g/mol. The van der Waals surface area contributed by atoms with Crippen molar-refractivity contribution in [3.8, 4) is 0 Å². The maximum atomic E-state index is 11.4. The highest BCUT2D eigenvalue weighted by Gasteiger charge is 2.21. The molecule has 0 fully saturated rings. The van der Waals surface area contributed by atoms with E-state index in [0.717, 1.165) is 12.8 Å². The Balaban J connectivity index is 3.98. The lowest BCUT2D eigenvalue weighted by Crippen LogP contribution is -2.24. The number of guanidine groups is 1. The molecule has 0 aliphatic carbocycles. The van der Waals surface area contributed by atoms with Gasteiger partial charge >= 0.3 is 5.97 Å². The molecule has 0 spiro atoms. The number of carbonyl (C=O) groups is 1. The van der Waals surface area contributed by atoms with Gasteiger partial charge in [0.15, 0.2) is 5.96 Å². The third-order valence-corrected chi connectivity index (χ3v) is 2.28. The van der Waals surface area contributed by atoms with Crippen molar-refractivity contribution in [1.82, 2.24) is 0 Å². The van der Waals surface area contributed by atoms with Gasteiger partial charge in [0.1, 0.15) is 0 Å². The molecular formula is C10H21N3O2. The number of hydrogen-bond acceptors (Lipinski definition) is 3. The fraction of sp³-hybridized carbons (Fsp3) is 0.800. The van der Waals surface area contributed by atoms with Crippen LogP contribution < -0.4 is 11.5 Å². The highest BCUT2D eigenvalue weighted by Crippen LogP contribution is 2.18. The smallest absolute Gasteiger partial charge is 0.308 e. The molecule has 5 nitrogen and oxygen atoms in total. The lowest BCUT2D eigenvalue weighted by molar-refractivity contribution is -0.147. The molecule has 0 aromatic rings. The van der Waals surface area contributed by atoms with E-state index in [2.05, 4.69) is 4.99 Å². The minimum absolute atomic E-state index is 0.0656. The Kier molecular flexibility index (Phi) is 6.49. The maximum absolute atomic E-state index is 11.4. The molecule has 0 aromatic heterocycles. The van der Waals surface area contributed by atoms with Gasteiger partial charge in [-0.25, -0.2) is 0 Å². The molecule has 0 aliphatic heterocycles. The first kappa shape index (κ1) is 13.7. The quantitative estimate of drug-likeness (QED) is 0.292. The van der Waals surface area contributed by atoms with E-state index in [0.29, 0.717) is 6.54 Å². The molecule has 1 atom stereocenters. The van der Waals surface area contributed by atoms with E-state index in [1.54, 1.807) is 0 Å². The standard InChI is InChI=1S/C10H21N3O2/c1-7(2)8(9(14)15-3)5-4-6-13-10(11)12/h7-8H,4-6H2,1-3H3,(H4,11,12,13)/t8-/m1/s1. The monoisotopic (exact) mass is 215 g/mol. The van der Waals surface area contributed by atoms with Gasteiger partial charge in [-0.1, -0.05) is 13.8 Å². The van der Waals surface area contributed by atoms with E-state index < -0.39 is 0 Å². The number of nitrogens with zero attached hydrogens (tertiary/aromatic N) is 1. The fourth-order valence-electron chi connectivity index (χ4n) is 1.39. The first-order valence-electron chi connectivity index (χ1n) is 5.12. The summed E-state index contributed by atoms with van der Waals surface area (Å²) in [7, 11) is 1.41. The molecule has 15 heavy (non-hydrogen) atoms. The van der Waals surface area contributed by atoms with Crippen molar-refractivity contribution in [2.45, 2.75) is 26.7 Å². The Hall–Kier alpha value is -1.26. The summed E-state index contributed by atoms with van der Waals surface area (Å²) in [6, 6.07) is 0. The number of hydrogen-bond donors (Lipinski definition) is 2. The first-order chi connectivity index (χ1) is 6.99. The van der Waals surface area contributed by atoms with E-state index >= 15 is 0 Å². The van der Waals surface area contributed by atoms with Crippen LogP contribution in [-0.4, -0.2) is 25.6 Å². The van der Waals surface area contributed by atoms with Crippen molar-refractivity contribution in [2.24, 2.45) is 28.3 Å². The van der Waals surface area contributed by atoms with Crippen molar-refractivity contribution in [1.29, 1.82) is 0 Å². The molecule has 0 unspecified atom stereocenters. The van der Waals surface area contributed by atoms with Gasteiger partial charge in [0, 0.05) is 6.54 Å². The van der Waals surface area contributed by atoms with Crippen molar-refractivity contribution in [3.63, 3.8) is 0 Å². The zero-order chi connectivity index (χ0) is 11.8. The number of carbonyl (C=O) groups excluding carboxylic acids is 1. The van der Waals surface area contributed by atoms with Crippen LogP contribution in [0.5, 0.6) is 0 Å². The largest absolute Gasteiger partial charge is 0.469 e. The van der Waals surface area contributed by atoms with Crippen molar-refractivity contribution in [3.05, 3.63) is 0 Å². The van der Waals surface area contributed by atoms with Gasteiger partial charge in [-0.2, -0.15) is 0 Å². The highest BCUT2D eigenvalue weighted by molar-refractivity contribution is 5.75. The molecule has 0 aliphatic rings. The van der Waals surface area contributed by atoms with E-state index in [-0.39, 0.29) is 23.8 Å². The Morgan fingerprint density at radius 3 is 2.40 bits per heavy atom. The molecule has 0 amide bonds. The molecule has 0 saturated carbocycles. The predicted octanol–water partition coefficient (Wildman–Crippen LogP) is 0.485. The van der Waals surface area contributed by atoms with Gasteiger partial charge in [-0.05, 0) is 18.8 Å². The van der Waals surface area contributed by atoms with Crippen molar-refractivity contribution >= 4 is 11.9 Å². The van der Waals surface area contributed by atoms with Crippen LogP contribution in [0.4, 0.5) is 0 Å². The van der Waals surface area contributed by atoms with Crippen LogP contribution in [0.15, 0.2) is 4.99 Å². The number of ether oxygens (including phenoxy) is 1. The van der Waals surface area contributed by atoms with E-state index in [4.69, 9.17) is 16.2 Å². The van der Waals surface area contributed by atoms with Crippen molar-refractivity contribution < 1.29 is 9.53 Å². The number of nitrogens with two attached hydrogens (primary N) is 2. The number of methoxy groups -OCH3 is 1. The molecule has 0 aromatic carbocycles. The van der Waals surface area contributed by atoms with Crippen LogP contribution in [-0.2, 0) is 9.53 Å². The van der Waals surface area contributed by atoms with Gasteiger partial charge in [0.05, 0.1) is 13.0 Å². The molecule has 5 heteroatoms. The van der Waals surface area contributed by atoms with Crippen LogP contribution in [0.2, 0.25) is 0 Å². The minimum atomic E-state index is -0.158. The third-order valence-electron chi connectivity index (χ3n) is 2.28. The number of aliphatic imine (C=N–C) groups is 1. The summed E-state index contributed by atoms with van der Waals surface area (Å²) in [5.74, 6) is 0.143. The van der Waals surface area contributed by atoms with E-state index in [1.807, 2.05) is 13.8 Å². The van der Waals surface area contributed by atoms with E-state index in [1.165, 1.54) is 7.11 Å². The molecule has 0 saturated heterocycles. The summed E-state index contributed by atoms with van der Waals surface area (Å²) in [6.45, 7) is 4.56. The van der Waals surface area contributed by atoms with Crippen molar-refractivity contribution in [2.75, 3.05) is 13.7 Å². The predicted molar refractivity (Wildman–Crippen MR) is 60.3 cm³/mol. The summed E-state index contributed by atoms with van der Waals surface area (Å²) in [6.07, 6.45) is 1.54. The molecule has 0 rings (SSSR count). The Morgan fingerprint density at radius 2 is 2.00 bits per heavy atom. The molecular weight excluding hydrogens is 194 g/mol. The van der Waals surface area contributed by atoms with Crippen LogP contribution in [0, 0.1) is 11.8 Å². The maximum Gasteiger partial charge on any atom is 0.308 e. The SMILES string of the molecule is COC(=O)[C@H](CCCN=C(N)N)C(C)C. The van der Waals surface area contributed by atoms with Gasteiger partial charge in [-0.15, -0.1) is 0 Å². The number of esters is 1.